The van der Waals surface area contributed by atoms with E-state index in [4.69, 9.17) is 23.2 Å². The average molecular weight is 369 g/mol. The fraction of sp³-hybridized carbons (Fsp3) is 0.143. The average Bonchev–Trinajstić information content (AvgIpc) is 2.85. The van der Waals surface area contributed by atoms with Crippen LogP contribution in [0, 0.1) is 0 Å². The Balaban J connectivity index is 2.06. The number of hydrogen-bond donors (Lipinski definition) is 0. The molecule has 4 rings (SSSR count). The fourth-order valence-corrected chi connectivity index (χ4v) is 4.49. The Hall–Kier alpha value is -2.16. The summed E-state index contributed by atoms with van der Waals surface area (Å²) in [6.07, 6.45) is 0. The van der Waals surface area contributed by atoms with E-state index in [1.807, 2.05) is 24.3 Å². The summed E-state index contributed by atoms with van der Waals surface area (Å²) < 4.78 is 0. The van der Waals surface area contributed by atoms with Crippen molar-refractivity contribution in [3.8, 4) is 0 Å². The molecule has 1 aliphatic heterocycles. The molecule has 3 aromatic rings. The lowest BCUT2D eigenvalue weighted by atomic mass is 9.89. The minimum absolute atomic E-state index is 0.535. The van der Waals surface area contributed by atoms with Crippen LogP contribution in [-0.4, -0.2) is 14.1 Å². The second-order valence-electron chi connectivity index (χ2n) is 6.27. The van der Waals surface area contributed by atoms with Gasteiger partial charge in [0.1, 0.15) is 0 Å². The molecule has 0 saturated heterocycles. The third-order valence-corrected chi connectivity index (χ3v) is 5.61. The van der Waals surface area contributed by atoms with Crippen molar-refractivity contribution in [1.29, 1.82) is 0 Å². The van der Waals surface area contributed by atoms with Crippen LogP contribution >= 0.6 is 23.2 Å². The van der Waals surface area contributed by atoms with Gasteiger partial charge in [0.15, 0.2) is 5.66 Å². The molecule has 126 valence electrons. The molecule has 4 heteroatoms. The summed E-state index contributed by atoms with van der Waals surface area (Å²) in [5.41, 5.74) is 3.96. The Kier molecular flexibility index (Phi) is 3.90. The van der Waals surface area contributed by atoms with Gasteiger partial charge in [-0.2, -0.15) is 0 Å². The van der Waals surface area contributed by atoms with Gasteiger partial charge in [-0.3, -0.25) is 0 Å². The first-order chi connectivity index (χ1) is 12.1. The highest BCUT2D eigenvalue weighted by molar-refractivity contribution is 6.35. The predicted molar refractivity (Wildman–Crippen MR) is 107 cm³/mol. The summed E-state index contributed by atoms with van der Waals surface area (Å²) in [4.78, 5) is 4.57. The zero-order valence-corrected chi connectivity index (χ0v) is 15.6. The molecule has 0 aromatic heterocycles. The lowest BCUT2D eigenvalue weighted by Crippen LogP contribution is -2.52. The number of para-hydroxylation sites is 2. The van der Waals surface area contributed by atoms with Crippen LogP contribution in [0.4, 0.5) is 11.4 Å². The Morgan fingerprint density at radius 3 is 1.84 bits per heavy atom. The first kappa shape index (κ1) is 16.3. The van der Waals surface area contributed by atoms with Crippen LogP contribution in [0.3, 0.4) is 0 Å². The maximum atomic E-state index is 6.68. The van der Waals surface area contributed by atoms with Crippen LogP contribution < -0.4 is 9.80 Å². The highest BCUT2D eigenvalue weighted by Gasteiger charge is 2.49. The number of rotatable bonds is 2. The summed E-state index contributed by atoms with van der Waals surface area (Å²) in [5.74, 6) is 0. The molecule has 3 aromatic carbocycles. The molecule has 0 atom stereocenters. The van der Waals surface area contributed by atoms with E-state index in [9.17, 15) is 0 Å². The fourth-order valence-electron chi connectivity index (χ4n) is 3.95. The smallest absolute Gasteiger partial charge is 0.167 e. The summed E-state index contributed by atoms with van der Waals surface area (Å²) in [6, 6.07) is 24.6. The molecule has 0 amide bonds. The number of halogens is 2. The number of hydrogen-bond acceptors (Lipinski definition) is 2. The van der Waals surface area contributed by atoms with Gasteiger partial charge >= 0.3 is 0 Å². The molecule has 25 heavy (non-hydrogen) atoms. The lowest BCUT2D eigenvalue weighted by Gasteiger charge is -2.44. The molecule has 0 saturated carbocycles. The molecule has 0 radical (unpaired) electrons. The van der Waals surface area contributed by atoms with Gasteiger partial charge in [0.2, 0.25) is 0 Å². The minimum atomic E-state index is -0.535. The second kappa shape index (κ2) is 5.98. The molecule has 0 bridgehead atoms. The van der Waals surface area contributed by atoms with Gasteiger partial charge in [-0.05, 0) is 24.3 Å². The summed E-state index contributed by atoms with van der Waals surface area (Å²) in [5, 5.41) is 1.29. The van der Waals surface area contributed by atoms with Crippen LogP contribution in [0.2, 0.25) is 10.0 Å². The lowest BCUT2D eigenvalue weighted by molar-refractivity contribution is 0.522. The normalized spacial score (nSPS) is 15.4. The summed E-state index contributed by atoms with van der Waals surface area (Å²) >= 11 is 12.9. The van der Waals surface area contributed by atoms with Gasteiger partial charge in [0.25, 0.3) is 0 Å². The van der Waals surface area contributed by atoms with Crippen molar-refractivity contribution < 1.29 is 0 Å². The molecule has 2 nitrogen and oxygen atoms in total. The van der Waals surface area contributed by atoms with Crippen molar-refractivity contribution >= 4 is 34.6 Å². The van der Waals surface area contributed by atoms with Crippen molar-refractivity contribution in [2.24, 2.45) is 0 Å². The molecule has 1 aliphatic rings. The summed E-state index contributed by atoms with van der Waals surface area (Å²) in [6.45, 7) is 0. The largest absolute Gasteiger partial charge is 0.342 e. The molecule has 1 heterocycles. The molecule has 0 aliphatic carbocycles. The quantitative estimate of drug-likeness (QED) is 0.565. The standard InChI is InChI=1S/C21H18Cl2N2/c1-24-19-10-6-7-11-20(19)25(2)21(24,15-8-4-3-5-9-15)17-13-12-16(22)14-18(17)23/h3-14H,1-2H3. The van der Waals surface area contributed by atoms with Gasteiger partial charge < -0.3 is 9.80 Å². The van der Waals surface area contributed by atoms with Gasteiger partial charge in [-0.25, -0.2) is 0 Å². The second-order valence-corrected chi connectivity index (χ2v) is 7.11. The third kappa shape index (κ3) is 2.25. The Labute approximate surface area is 158 Å². The van der Waals surface area contributed by atoms with Crippen molar-refractivity contribution in [1.82, 2.24) is 0 Å². The van der Waals surface area contributed by atoms with Crippen molar-refractivity contribution in [2.45, 2.75) is 5.66 Å². The first-order valence-electron chi connectivity index (χ1n) is 8.14. The van der Waals surface area contributed by atoms with E-state index in [2.05, 4.69) is 72.4 Å². The van der Waals surface area contributed by atoms with Gasteiger partial charge in [0, 0.05) is 35.3 Å². The SMILES string of the molecule is CN1c2ccccc2N(C)C1(c1ccccc1)c1ccc(Cl)cc1Cl. The van der Waals surface area contributed by atoms with E-state index < -0.39 is 5.66 Å². The zero-order valence-electron chi connectivity index (χ0n) is 14.1. The molecule has 0 fully saturated rings. The van der Waals surface area contributed by atoms with E-state index in [1.165, 1.54) is 11.4 Å². The number of nitrogens with zero attached hydrogens (tertiary/aromatic N) is 2. The Bertz CT molecular complexity index is 895. The molecule has 0 unspecified atom stereocenters. The predicted octanol–water partition coefficient (Wildman–Crippen LogP) is 5.78. The van der Waals surface area contributed by atoms with Crippen LogP contribution in [0.15, 0.2) is 72.8 Å². The van der Waals surface area contributed by atoms with E-state index in [-0.39, 0.29) is 0 Å². The van der Waals surface area contributed by atoms with Crippen LogP contribution in [0.25, 0.3) is 0 Å². The van der Waals surface area contributed by atoms with Gasteiger partial charge in [-0.1, -0.05) is 71.7 Å². The Morgan fingerprint density at radius 1 is 0.720 bits per heavy atom. The highest BCUT2D eigenvalue weighted by atomic mass is 35.5. The zero-order chi connectivity index (χ0) is 17.6. The maximum absolute atomic E-state index is 6.68. The number of fused-ring (bicyclic) bond motifs is 1. The van der Waals surface area contributed by atoms with Crippen molar-refractivity contribution in [3.05, 3.63) is 94.0 Å². The molecule has 0 spiro atoms. The van der Waals surface area contributed by atoms with Crippen LogP contribution in [0.5, 0.6) is 0 Å². The van der Waals surface area contributed by atoms with Crippen LogP contribution in [0.1, 0.15) is 11.1 Å². The van der Waals surface area contributed by atoms with Crippen molar-refractivity contribution in [2.75, 3.05) is 23.9 Å². The number of benzene rings is 3. The number of anilines is 2. The van der Waals surface area contributed by atoms with E-state index in [0.717, 1.165) is 11.1 Å². The topological polar surface area (TPSA) is 6.48 Å². The Morgan fingerprint density at radius 2 is 1.28 bits per heavy atom. The molecular formula is C21H18Cl2N2. The van der Waals surface area contributed by atoms with Crippen molar-refractivity contribution in [3.63, 3.8) is 0 Å². The van der Waals surface area contributed by atoms with E-state index in [0.29, 0.717) is 10.0 Å². The third-order valence-electron chi connectivity index (χ3n) is 5.06. The van der Waals surface area contributed by atoms with Crippen LogP contribution in [-0.2, 0) is 5.66 Å². The maximum Gasteiger partial charge on any atom is 0.167 e. The van der Waals surface area contributed by atoms with Gasteiger partial charge in [0.05, 0.1) is 11.4 Å². The van der Waals surface area contributed by atoms with E-state index in [1.54, 1.807) is 0 Å². The van der Waals surface area contributed by atoms with E-state index >= 15 is 0 Å². The van der Waals surface area contributed by atoms with Gasteiger partial charge in [-0.15, -0.1) is 0 Å². The minimum Gasteiger partial charge on any atom is -0.342 e. The molecule has 0 N–H and O–H groups in total. The molecular weight excluding hydrogens is 351 g/mol. The first-order valence-corrected chi connectivity index (χ1v) is 8.90. The monoisotopic (exact) mass is 368 g/mol. The highest BCUT2D eigenvalue weighted by Crippen LogP contribution is 2.53. The summed E-state index contributed by atoms with van der Waals surface area (Å²) in [7, 11) is 4.22.